The standard InChI is InChI=1S/C9H11N7O/c10-8-6-11-5-7(14-8)9(17)12-1-3-16-4-2-13-15-16/h2,4-6H,1,3H2,(H2,10,14)(H,12,17). The third-order valence-corrected chi connectivity index (χ3v) is 1.98. The largest absolute Gasteiger partial charge is 0.382 e. The molecule has 0 radical (unpaired) electrons. The van der Waals surface area contributed by atoms with Crippen LogP contribution in [0.3, 0.4) is 0 Å². The van der Waals surface area contributed by atoms with Gasteiger partial charge in [-0.05, 0) is 0 Å². The highest BCUT2D eigenvalue weighted by molar-refractivity contribution is 5.92. The van der Waals surface area contributed by atoms with Crippen molar-refractivity contribution in [2.75, 3.05) is 12.3 Å². The van der Waals surface area contributed by atoms with E-state index in [1.54, 1.807) is 17.1 Å². The minimum atomic E-state index is -0.315. The maximum Gasteiger partial charge on any atom is 0.271 e. The van der Waals surface area contributed by atoms with Crippen LogP contribution in [0.5, 0.6) is 0 Å². The Balaban J connectivity index is 1.85. The van der Waals surface area contributed by atoms with Gasteiger partial charge in [0.15, 0.2) is 0 Å². The number of amides is 1. The molecule has 0 aliphatic rings. The molecule has 0 aliphatic carbocycles. The second kappa shape index (κ2) is 5.01. The SMILES string of the molecule is Nc1cncc(C(=O)NCCn2ccnn2)n1. The predicted molar refractivity (Wildman–Crippen MR) is 58.8 cm³/mol. The summed E-state index contributed by atoms with van der Waals surface area (Å²) in [6, 6.07) is 0. The summed E-state index contributed by atoms with van der Waals surface area (Å²) in [6.07, 6.45) is 6.03. The topological polar surface area (TPSA) is 112 Å². The molecule has 0 saturated heterocycles. The van der Waals surface area contributed by atoms with Crippen molar-refractivity contribution < 1.29 is 4.79 Å². The van der Waals surface area contributed by atoms with E-state index in [0.29, 0.717) is 13.1 Å². The lowest BCUT2D eigenvalue weighted by Crippen LogP contribution is -2.28. The average molecular weight is 233 g/mol. The molecule has 17 heavy (non-hydrogen) atoms. The second-order valence-corrected chi connectivity index (χ2v) is 3.25. The van der Waals surface area contributed by atoms with Gasteiger partial charge in [0.05, 0.1) is 25.1 Å². The molecule has 2 rings (SSSR count). The van der Waals surface area contributed by atoms with E-state index in [9.17, 15) is 4.79 Å². The Labute approximate surface area is 96.9 Å². The summed E-state index contributed by atoms with van der Waals surface area (Å²) >= 11 is 0. The number of carbonyl (C=O) groups excluding carboxylic acids is 1. The van der Waals surface area contributed by atoms with E-state index in [-0.39, 0.29) is 17.4 Å². The molecule has 2 aromatic rings. The van der Waals surface area contributed by atoms with Gasteiger partial charge < -0.3 is 11.1 Å². The van der Waals surface area contributed by atoms with Crippen LogP contribution in [0.4, 0.5) is 5.82 Å². The Morgan fingerprint density at radius 3 is 3.06 bits per heavy atom. The summed E-state index contributed by atoms with van der Waals surface area (Å²) in [5, 5.41) is 10.1. The van der Waals surface area contributed by atoms with Gasteiger partial charge in [-0.3, -0.25) is 14.5 Å². The van der Waals surface area contributed by atoms with E-state index in [4.69, 9.17) is 5.73 Å². The number of anilines is 1. The number of nitrogens with two attached hydrogens (primary N) is 1. The molecule has 0 aliphatic heterocycles. The number of nitrogen functional groups attached to an aromatic ring is 1. The van der Waals surface area contributed by atoms with E-state index < -0.39 is 0 Å². The van der Waals surface area contributed by atoms with Crippen LogP contribution in [0.15, 0.2) is 24.8 Å². The Kier molecular flexibility index (Phi) is 3.24. The van der Waals surface area contributed by atoms with Gasteiger partial charge in [-0.1, -0.05) is 5.21 Å². The fourth-order valence-corrected chi connectivity index (χ4v) is 1.22. The number of hydrogen-bond acceptors (Lipinski definition) is 6. The van der Waals surface area contributed by atoms with Crippen LogP contribution in [0, 0.1) is 0 Å². The molecule has 3 N–H and O–H groups in total. The van der Waals surface area contributed by atoms with Crippen molar-refractivity contribution >= 4 is 11.7 Å². The van der Waals surface area contributed by atoms with Crippen LogP contribution in [0.1, 0.15) is 10.5 Å². The lowest BCUT2D eigenvalue weighted by Gasteiger charge is -2.04. The minimum Gasteiger partial charge on any atom is -0.382 e. The zero-order valence-corrected chi connectivity index (χ0v) is 8.95. The highest BCUT2D eigenvalue weighted by atomic mass is 16.1. The smallest absolute Gasteiger partial charge is 0.271 e. The average Bonchev–Trinajstić information content (AvgIpc) is 2.82. The summed E-state index contributed by atoms with van der Waals surface area (Å²) in [4.78, 5) is 19.3. The Hall–Kier alpha value is -2.51. The van der Waals surface area contributed by atoms with E-state index in [2.05, 4.69) is 25.6 Å². The molecule has 1 amide bonds. The van der Waals surface area contributed by atoms with E-state index in [1.165, 1.54) is 12.4 Å². The van der Waals surface area contributed by atoms with Crippen molar-refractivity contribution in [3.05, 3.63) is 30.5 Å². The fourth-order valence-electron chi connectivity index (χ4n) is 1.22. The first-order valence-electron chi connectivity index (χ1n) is 4.95. The first-order chi connectivity index (χ1) is 8.25. The third-order valence-electron chi connectivity index (χ3n) is 1.98. The van der Waals surface area contributed by atoms with Crippen molar-refractivity contribution in [3.8, 4) is 0 Å². The van der Waals surface area contributed by atoms with E-state index in [0.717, 1.165) is 0 Å². The molecule has 88 valence electrons. The summed E-state index contributed by atoms with van der Waals surface area (Å²) in [6.45, 7) is 0.972. The van der Waals surface area contributed by atoms with Gasteiger partial charge >= 0.3 is 0 Å². The molecular formula is C9H11N7O. The maximum absolute atomic E-state index is 11.6. The van der Waals surface area contributed by atoms with E-state index >= 15 is 0 Å². The molecule has 0 bridgehead atoms. The van der Waals surface area contributed by atoms with Gasteiger partial charge in [0.2, 0.25) is 0 Å². The van der Waals surface area contributed by atoms with Crippen LogP contribution in [-0.4, -0.2) is 37.4 Å². The van der Waals surface area contributed by atoms with Gasteiger partial charge in [0.25, 0.3) is 5.91 Å². The molecule has 0 fully saturated rings. The maximum atomic E-state index is 11.6. The van der Waals surface area contributed by atoms with Gasteiger partial charge in [-0.25, -0.2) is 4.98 Å². The lowest BCUT2D eigenvalue weighted by molar-refractivity contribution is 0.0946. The van der Waals surface area contributed by atoms with Gasteiger partial charge in [0.1, 0.15) is 11.5 Å². The molecule has 0 unspecified atom stereocenters. The molecular weight excluding hydrogens is 222 g/mol. The third kappa shape index (κ3) is 2.97. The summed E-state index contributed by atoms with van der Waals surface area (Å²) in [5.41, 5.74) is 5.62. The van der Waals surface area contributed by atoms with Gasteiger partial charge in [-0.15, -0.1) is 5.10 Å². The Bertz CT molecular complexity index is 496. The van der Waals surface area contributed by atoms with Crippen molar-refractivity contribution in [2.24, 2.45) is 0 Å². The molecule has 0 atom stereocenters. The predicted octanol–water partition coefficient (Wildman–Crippen LogP) is -0.920. The number of nitrogens with zero attached hydrogens (tertiary/aromatic N) is 5. The van der Waals surface area contributed by atoms with Crippen LogP contribution in [0.2, 0.25) is 0 Å². The second-order valence-electron chi connectivity index (χ2n) is 3.25. The molecule has 8 nitrogen and oxygen atoms in total. The van der Waals surface area contributed by atoms with Crippen LogP contribution in [-0.2, 0) is 6.54 Å². The summed E-state index contributed by atoms with van der Waals surface area (Å²) < 4.78 is 1.62. The number of carbonyl (C=O) groups is 1. The number of nitrogens with one attached hydrogen (secondary N) is 1. The lowest BCUT2D eigenvalue weighted by atomic mass is 10.4. The molecule has 0 spiro atoms. The molecule has 0 aromatic carbocycles. The Morgan fingerprint density at radius 1 is 1.47 bits per heavy atom. The van der Waals surface area contributed by atoms with E-state index in [1.807, 2.05) is 0 Å². The molecule has 2 heterocycles. The summed E-state index contributed by atoms with van der Waals surface area (Å²) in [7, 11) is 0. The van der Waals surface area contributed by atoms with Crippen molar-refractivity contribution in [1.29, 1.82) is 0 Å². The monoisotopic (exact) mass is 233 g/mol. The first-order valence-corrected chi connectivity index (χ1v) is 4.95. The van der Waals surface area contributed by atoms with Crippen molar-refractivity contribution in [2.45, 2.75) is 6.54 Å². The molecule has 2 aromatic heterocycles. The quantitative estimate of drug-likeness (QED) is 0.706. The number of rotatable bonds is 4. The first kappa shape index (κ1) is 11.0. The fraction of sp³-hybridized carbons (Fsp3) is 0.222. The van der Waals surface area contributed by atoms with Gasteiger partial charge in [-0.2, -0.15) is 0 Å². The zero-order valence-electron chi connectivity index (χ0n) is 8.95. The van der Waals surface area contributed by atoms with Crippen LogP contribution < -0.4 is 11.1 Å². The normalized spacial score (nSPS) is 10.1. The van der Waals surface area contributed by atoms with Crippen molar-refractivity contribution in [3.63, 3.8) is 0 Å². The highest BCUT2D eigenvalue weighted by Crippen LogP contribution is 1.96. The molecule has 8 heteroatoms. The number of hydrogen-bond donors (Lipinski definition) is 2. The van der Waals surface area contributed by atoms with Gasteiger partial charge in [0, 0.05) is 12.7 Å². The van der Waals surface area contributed by atoms with Crippen molar-refractivity contribution in [1.82, 2.24) is 30.3 Å². The van der Waals surface area contributed by atoms with Crippen LogP contribution >= 0.6 is 0 Å². The minimum absolute atomic E-state index is 0.198. The molecule has 0 saturated carbocycles. The zero-order chi connectivity index (χ0) is 12.1. The Morgan fingerprint density at radius 2 is 2.35 bits per heavy atom. The summed E-state index contributed by atoms with van der Waals surface area (Å²) in [5.74, 6) is -0.0983. The van der Waals surface area contributed by atoms with Crippen LogP contribution in [0.25, 0.3) is 0 Å². The number of aromatic nitrogens is 5. The highest BCUT2D eigenvalue weighted by Gasteiger charge is 2.07.